The summed E-state index contributed by atoms with van der Waals surface area (Å²) in [4.78, 5) is 5.41. The van der Waals surface area contributed by atoms with Crippen molar-refractivity contribution in [1.82, 2.24) is 9.80 Å². The monoisotopic (exact) mass is 318 g/mol. The van der Waals surface area contributed by atoms with Crippen LogP contribution in [0, 0.1) is 5.92 Å². The summed E-state index contributed by atoms with van der Waals surface area (Å²) in [6.07, 6.45) is 8.01. The van der Waals surface area contributed by atoms with Gasteiger partial charge in [-0.1, -0.05) is 23.7 Å². The fraction of sp³-hybridized carbons (Fsp3) is 0.684. The van der Waals surface area contributed by atoms with Crippen LogP contribution in [0.2, 0.25) is 5.02 Å². The normalized spacial score (nSPS) is 27.4. The maximum absolute atomic E-state index is 6.37. The van der Waals surface area contributed by atoms with Crippen molar-refractivity contribution in [2.24, 2.45) is 5.92 Å². The molecule has 2 heterocycles. The largest absolute Gasteiger partial charge is 0.303 e. The van der Waals surface area contributed by atoms with Crippen molar-refractivity contribution in [2.45, 2.75) is 44.6 Å². The summed E-state index contributed by atoms with van der Waals surface area (Å²) in [5.41, 5.74) is 2.92. The van der Waals surface area contributed by atoms with Gasteiger partial charge in [0.2, 0.25) is 0 Å². The predicted molar refractivity (Wildman–Crippen MR) is 92.5 cm³/mol. The number of rotatable bonds is 3. The van der Waals surface area contributed by atoms with Crippen LogP contribution in [0.3, 0.4) is 0 Å². The van der Waals surface area contributed by atoms with Crippen molar-refractivity contribution in [3.63, 3.8) is 0 Å². The van der Waals surface area contributed by atoms with Gasteiger partial charge in [0.05, 0.1) is 0 Å². The van der Waals surface area contributed by atoms with Gasteiger partial charge in [-0.05, 0) is 87.8 Å². The molecular formula is C19H27ClN2. The smallest absolute Gasteiger partial charge is 0.0441 e. The van der Waals surface area contributed by atoms with Crippen molar-refractivity contribution in [3.05, 3.63) is 34.3 Å². The van der Waals surface area contributed by atoms with Crippen LogP contribution >= 0.6 is 11.6 Å². The molecule has 0 spiro atoms. The number of nitrogens with zero attached hydrogens (tertiary/aromatic N) is 2. The highest BCUT2D eigenvalue weighted by Gasteiger charge is 2.32. The first-order chi connectivity index (χ1) is 10.8. The Morgan fingerprint density at radius 2 is 1.77 bits per heavy atom. The van der Waals surface area contributed by atoms with Gasteiger partial charge in [-0.3, -0.25) is 4.90 Å². The zero-order valence-electron chi connectivity index (χ0n) is 13.4. The highest BCUT2D eigenvalue weighted by atomic mass is 35.5. The summed E-state index contributed by atoms with van der Waals surface area (Å²) in [5.74, 6) is 0.926. The van der Waals surface area contributed by atoms with E-state index in [1.54, 1.807) is 0 Å². The standard InChI is InChI=1S/C19H27ClN2/c20-18-5-3-4-17-16(18)6-7-19(17)22-12-8-15(9-13-22)14-21-10-1-2-11-21/h3-5,15,19H,1-2,6-14H2/t19-/m0/s1. The van der Waals surface area contributed by atoms with Crippen LogP contribution in [0.25, 0.3) is 0 Å². The average molecular weight is 319 g/mol. The second-order valence-electron chi connectivity index (χ2n) is 7.35. The van der Waals surface area contributed by atoms with E-state index in [4.69, 9.17) is 11.6 Å². The SMILES string of the molecule is Clc1cccc2c1CC[C@@H]2N1CCC(CN2CCCC2)CC1. The molecule has 1 atom stereocenters. The minimum Gasteiger partial charge on any atom is -0.303 e. The molecule has 2 nitrogen and oxygen atoms in total. The lowest BCUT2D eigenvalue weighted by Gasteiger charge is -2.37. The van der Waals surface area contributed by atoms with Gasteiger partial charge in [-0.2, -0.15) is 0 Å². The lowest BCUT2D eigenvalue weighted by Crippen LogP contribution is -2.39. The molecule has 1 aromatic rings. The Kier molecular flexibility index (Phi) is 4.43. The predicted octanol–water partition coefficient (Wildman–Crippen LogP) is 4.14. The summed E-state index contributed by atoms with van der Waals surface area (Å²) < 4.78 is 0. The third-order valence-electron chi connectivity index (χ3n) is 5.99. The summed E-state index contributed by atoms with van der Waals surface area (Å²) in [7, 11) is 0. The molecule has 0 saturated carbocycles. The molecule has 2 fully saturated rings. The molecule has 0 unspecified atom stereocenters. The van der Waals surface area contributed by atoms with Gasteiger partial charge in [0, 0.05) is 17.6 Å². The third kappa shape index (κ3) is 2.93. The zero-order valence-corrected chi connectivity index (χ0v) is 14.2. The van der Waals surface area contributed by atoms with Crippen LogP contribution in [0.1, 0.15) is 49.3 Å². The molecule has 1 aromatic carbocycles. The molecule has 22 heavy (non-hydrogen) atoms. The Hall–Kier alpha value is -0.570. The van der Waals surface area contributed by atoms with E-state index in [1.807, 2.05) is 6.07 Å². The molecule has 0 N–H and O–H groups in total. The quantitative estimate of drug-likeness (QED) is 0.826. The summed E-state index contributed by atoms with van der Waals surface area (Å²) >= 11 is 6.37. The fourth-order valence-electron chi connectivity index (χ4n) is 4.74. The van der Waals surface area contributed by atoms with Gasteiger partial charge >= 0.3 is 0 Å². The molecule has 120 valence electrons. The molecular weight excluding hydrogens is 292 g/mol. The van der Waals surface area contributed by atoms with Gasteiger partial charge in [0.25, 0.3) is 0 Å². The van der Waals surface area contributed by atoms with Crippen molar-refractivity contribution in [1.29, 1.82) is 0 Å². The van der Waals surface area contributed by atoms with Crippen molar-refractivity contribution >= 4 is 11.6 Å². The van der Waals surface area contributed by atoms with E-state index in [9.17, 15) is 0 Å². The van der Waals surface area contributed by atoms with Crippen molar-refractivity contribution < 1.29 is 0 Å². The molecule has 4 rings (SSSR count). The highest BCUT2D eigenvalue weighted by Crippen LogP contribution is 2.40. The number of piperidine rings is 1. The van der Waals surface area contributed by atoms with Gasteiger partial charge in [-0.15, -0.1) is 0 Å². The second-order valence-corrected chi connectivity index (χ2v) is 7.76. The number of fused-ring (bicyclic) bond motifs is 1. The lowest BCUT2D eigenvalue weighted by molar-refractivity contribution is 0.115. The Morgan fingerprint density at radius 1 is 1.00 bits per heavy atom. The maximum atomic E-state index is 6.37. The Balaban J connectivity index is 1.36. The summed E-state index contributed by atoms with van der Waals surface area (Å²) in [6.45, 7) is 6.58. The highest BCUT2D eigenvalue weighted by molar-refractivity contribution is 6.31. The van der Waals surface area contributed by atoms with Crippen LogP contribution in [0.15, 0.2) is 18.2 Å². The molecule has 2 saturated heterocycles. The summed E-state index contributed by atoms with van der Waals surface area (Å²) in [6, 6.07) is 7.10. The van der Waals surface area contributed by atoms with Gasteiger partial charge in [0.1, 0.15) is 0 Å². The van der Waals surface area contributed by atoms with Gasteiger partial charge in [0.15, 0.2) is 0 Å². The number of benzene rings is 1. The van der Waals surface area contributed by atoms with E-state index >= 15 is 0 Å². The molecule has 3 aliphatic rings. The Labute approximate surface area is 139 Å². The lowest BCUT2D eigenvalue weighted by atomic mass is 9.94. The molecule has 1 aliphatic carbocycles. The first-order valence-corrected chi connectivity index (χ1v) is 9.43. The van der Waals surface area contributed by atoms with Crippen LogP contribution in [0.4, 0.5) is 0 Å². The fourth-order valence-corrected chi connectivity index (χ4v) is 5.02. The Morgan fingerprint density at radius 3 is 2.55 bits per heavy atom. The first-order valence-electron chi connectivity index (χ1n) is 9.05. The van der Waals surface area contributed by atoms with E-state index < -0.39 is 0 Å². The van der Waals surface area contributed by atoms with Crippen LogP contribution < -0.4 is 0 Å². The molecule has 2 aliphatic heterocycles. The van der Waals surface area contributed by atoms with Gasteiger partial charge in [-0.25, -0.2) is 0 Å². The van der Waals surface area contributed by atoms with E-state index in [0.29, 0.717) is 6.04 Å². The van der Waals surface area contributed by atoms with Crippen molar-refractivity contribution in [3.8, 4) is 0 Å². The zero-order chi connectivity index (χ0) is 14.9. The molecule has 0 amide bonds. The topological polar surface area (TPSA) is 6.48 Å². The van der Waals surface area contributed by atoms with E-state index in [-0.39, 0.29) is 0 Å². The third-order valence-corrected chi connectivity index (χ3v) is 6.34. The summed E-state index contributed by atoms with van der Waals surface area (Å²) in [5, 5.41) is 0.976. The average Bonchev–Trinajstić information content (AvgIpc) is 3.18. The Bertz CT molecular complexity index is 516. The first kappa shape index (κ1) is 15.0. The van der Waals surface area contributed by atoms with Crippen LogP contribution in [0.5, 0.6) is 0 Å². The maximum Gasteiger partial charge on any atom is 0.0441 e. The number of hydrogen-bond donors (Lipinski definition) is 0. The number of hydrogen-bond acceptors (Lipinski definition) is 2. The molecule has 0 bridgehead atoms. The second kappa shape index (κ2) is 6.51. The molecule has 0 radical (unpaired) electrons. The number of likely N-dealkylation sites (tertiary alicyclic amines) is 2. The number of halogens is 1. The van der Waals surface area contributed by atoms with Gasteiger partial charge < -0.3 is 4.90 Å². The van der Waals surface area contributed by atoms with E-state index in [2.05, 4.69) is 21.9 Å². The minimum absolute atomic E-state index is 0.626. The van der Waals surface area contributed by atoms with E-state index in [0.717, 1.165) is 17.4 Å². The molecule has 0 aromatic heterocycles. The van der Waals surface area contributed by atoms with Crippen LogP contribution in [-0.2, 0) is 6.42 Å². The minimum atomic E-state index is 0.626. The van der Waals surface area contributed by atoms with E-state index in [1.165, 1.54) is 76.0 Å². The van der Waals surface area contributed by atoms with Crippen molar-refractivity contribution in [2.75, 3.05) is 32.7 Å². The van der Waals surface area contributed by atoms with Crippen LogP contribution in [-0.4, -0.2) is 42.5 Å². The molecule has 3 heteroatoms.